The van der Waals surface area contributed by atoms with Crippen LogP contribution in [-0.2, 0) is 14.8 Å². The third kappa shape index (κ3) is 5.32. The molecule has 4 N–H and O–H groups in total. The highest BCUT2D eigenvalue weighted by Gasteiger charge is 2.32. The van der Waals surface area contributed by atoms with Gasteiger partial charge in [0.25, 0.3) is 0 Å². The molecule has 106 valence electrons. The van der Waals surface area contributed by atoms with Gasteiger partial charge in [-0.05, 0) is 20.4 Å². The van der Waals surface area contributed by atoms with E-state index >= 15 is 0 Å². The topological polar surface area (TPSA) is 125 Å². The first-order chi connectivity index (χ1) is 8.17. The third-order valence-corrected chi connectivity index (χ3v) is 3.90. The van der Waals surface area contributed by atoms with Gasteiger partial charge < -0.3 is 15.7 Å². The standard InChI is InChI=1S/C9H19N3O5S/c1-4-9(2,7(13)14)12-8(15)11-5-6-18(16,17)10-3/h10H,4-6H2,1-3H3,(H,13,14)(H2,11,12,15). The van der Waals surface area contributed by atoms with Crippen LogP contribution in [0.25, 0.3) is 0 Å². The van der Waals surface area contributed by atoms with Gasteiger partial charge in [0.05, 0.1) is 5.75 Å². The average molecular weight is 281 g/mol. The normalized spacial score (nSPS) is 14.6. The third-order valence-electron chi connectivity index (χ3n) is 2.54. The maximum atomic E-state index is 11.4. The van der Waals surface area contributed by atoms with Gasteiger partial charge in [-0.3, -0.25) is 0 Å². The number of urea groups is 1. The van der Waals surface area contributed by atoms with Gasteiger partial charge in [0, 0.05) is 6.54 Å². The molecule has 0 aliphatic heterocycles. The van der Waals surface area contributed by atoms with E-state index in [4.69, 9.17) is 5.11 Å². The van der Waals surface area contributed by atoms with Crippen LogP contribution in [0.2, 0.25) is 0 Å². The number of carboxylic acid groups (broad SMARTS) is 1. The summed E-state index contributed by atoms with van der Waals surface area (Å²) >= 11 is 0. The Balaban J connectivity index is 4.25. The Hall–Kier alpha value is -1.35. The molecule has 0 aromatic heterocycles. The fraction of sp³-hybridized carbons (Fsp3) is 0.778. The van der Waals surface area contributed by atoms with Crippen molar-refractivity contribution in [2.45, 2.75) is 25.8 Å². The molecule has 18 heavy (non-hydrogen) atoms. The summed E-state index contributed by atoms with van der Waals surface area (Å²) in [5.41, 5.74) is -1.37. The zero-order valence-corrected chi connectivity index (χ0v) is 11.4. The van der Waals surface area contributed by atoms with Gasteiger partial charge in [-0.1, -0.05) is 6.92 Å². The predicted octanol–water partition coefficient (Wildman–Crippen LogP) is -0.912. The lowest BCUT2D eigenvalue weighted by molar-refractivity contribution is -0.143. The van der Waals surface area contributed by atoms with Gasteiger partial charge >= 0.3 is 12.0 Å². The summed E-state index contributed by atoms with van der Waals surface area (Å²) in [5, 5.41) is 13.5. The number of sulfonamides is 1. The molecule has 0 bridgehead atoms. The number of rotatable bonds is 7. The number of hydrogen-bond acceptors (Lipinski definition) is 4. The van der Waals surface area contributed by atoms with Crippen LogP contribution >= 0.6 is 0 Å². The molecule has 0 aliphatic rings. The average Bonchev–Trinajstić information content (AvgIpc) is 2.28. The molecule has 0 aliphatic carbocycles. The van der Waals surface area contributed by atoms with E-state index in [-0.39, 0.29) is 18.7 Å². The molecule has 0 saturated carbocycles. The second-order valence-electron chi connectivity index (χ2n) is 3.89. The molecule has 1 atom stereocenters. The molecule has 0 radical (unpaired) electrons. The van der Waals surface area contributed by atoms with Crippen LogP contribution < -0.4 is 15.4 Å². The minimum absolute atomic E-state index is 0.103. The SMILES string of the molecule is CCC(C)(NC(=O)NCCS(=O)(=O)NC)C(=O)O. The van der Waals surface area contributed by atoms with Crippen LogP contribution in [0, 0.1) is 0 Å². The van der Waals surface area contributed by atoms with Crippen molar-refractivity contribution in [3.8, 4) is 0 Å². The van der Waals surface area contributed by atoms with Crippen LogP contribution in [-0.4, -0.2) is 50.4 Å². The molecule has 0 rings (SSSR count). The number of carboxylic acids is 1. The summed E-state index contributed by atoms with van der Waals surface area (Å²) in [6.45, 7) is 2.90. The van der Waals surface area contributed by atoms with Crippen molar-refractivity contribution in [1.29, 1.82) is 0 Å². The number of carbonyl (C=O) groups is 2. The summed E-state index contributed by atoms with van der Waals surface area (Å²) in [6, 6.07) is -0.715. The van der Waals surface area contributed by atoms with Crippen LogP contribution in [0.1, 0.15) is 20.3 Å². The zero-order chi connectivity index (χ0) is 14.4. The number of carbonyl (C=O) groups excluding carboxylic acids is 1. The second kappa shape index (κ2) is 6.55. The first-order valence-corrected chi connectivity index (χ1v) is 7.02. The maximum absolute atomic E-state index is 11.4. The van der Waals surface area contributed by atoms with Gasteiger partial charge in [-0.15, -0.1) is 0 Å². The predicted molar refractivity (Wildman–Crippen MR) is 65.7 cm³/mol. The van der Waals surface area contributed by atoms with E-state index in [0.717, 1.165) is 0 Å². The Kier molecular flexibility index (Phi) is 6.06. The van der Waals surface area contributed by atoms with Gasteiger partial charge in [0.15, 0.2) is 0 Å². The van der Waals surface area contributed by atoms with Crippen LogP contribution in [0.5, 0.6) is 0 Å². The van der Waals surface area contributed by atoms with Gasteiger partial charge in [-0.2, -0.15) is 0 Å². The van der Waals surface area contributed by atoms with Crippen LogP contribution in [0.3, 0.4) is 0 Å². The first-order valence-electron chi connectivity index (χ1n) is 5.37. The van der Waals surface area contributed by atoms with Crippen LogP contribution in [0.15, 0.2) is 0 Å². The minimum atomic E-state index is -3.39. The fourth-order valence-corrected chi connectivity index (χ4v) is 1.56. The summed E-state index contributed by atoms with van der Waals surface area (Å²) < 4.78 is 24.2. The molecule has 0 aromatic rings. The Labute approximate surface area is 106 Å². The summed E-state index contributed by atoms with van der Waals surface area (Å²) in [6.07, 6.45) is 0.213. The van der Waals surface area contributed by atoms with E-state index in [1.165, 1.54) is 14.0 Å². The van der Waals surface area contributed by atoms with Crippen molar-refractivity contribution in [3.05, 3.63) is 0 Å². The lowest BCUT2D eigenvalue weighted by Crippen LogP contribution is -2.55. The monoisotopic (exact) mass is 281 g/mol. The number of amides is 2. The number of aliphatic carboxylic acids is 1. The quantitative estimate of drug-likeness (QED) is 0.481. The molecule has 9 heteroatoms. The van der Waals surface area contributed by atoms with Gasteiger partial charge in [0.1, 0.15) is 5.54 Å². The Bertz CT molecular complexity index is 408. The van der Waals surface area contributed by atoms with Gasteiger partial charge in [-0.25, -0.2) is 22.7 Å². The number of hydrogen-bond donors (Lipinski definition) is 4. The van der Waals surface area contributed by atoms with Crippen molar-refractivity contribution >= 4 is 22.0 Å². The van der Waals surface area contributed by atoms with Crippen molar-refractivity contribution < 1.29 is 23.1 Å². The summed E-state index contributed by atoms with van der Waals surface area (Å²) in [7, 11) is -2.12. The van der Waals surface area contributed by atoms with Gasteiger partial charge in [0.2, 0.25) is 10.0 Å². The molecule has 0 spiro atoms. The Morgan fingerprint density at radius 3 is 2.28 bits per heavy atom. The molecule has 1 unspecified atom stereocenters. The molecular formula is C9H19N3O5S. The second-order valence-corrected chi connectivity index (χ2v) is 5.94. The lowest BCUT2D eigenvalue weighted by Gasteiger charge is -2.24. The molecule has 2 amide bonds. The zero-order valence-electron chi connectivity index (χ0n) is 10.6. The van der Waals surface area contributed by atoms with E-state index in [1.54, 1.807) is 6.92 Å². The van der Waals surface area contributed by atoms with Crippen molar-refractivity contribution in [1.82, 2.24) is 15.4 Å². The van der Waals surface area contributed by atoms with E-state index in [2.05, 4.69) is 15.4 Å². The number of nitrogens with one attached hydrogen (secondary N) is 3. The molecule has 0 saturated heterocycles. The van der Waals surface area contributed by atoms with E-state index in [9.17, 15) is 18.0 Å². The summed E-state index contributed by atoms with van der Waals surface area (Å²) in [4.78, 5) is 22.3. The van der Waals surface area contributed by atoms with Crippen LogP contribution in [0.4, 0.5) is 4.79 Å². The van der Waals surface area contributed by atoms with E-state index in [1.807, 2.05) is 0 Å². The highest BCUT2D eigenvalue weighted by Crippen LogP contribution is 2.08. The molecule has 0 fully saturated rings. The fourth-order valence-electron chi connectivity index (χ4n) is 0.989. The van der Waals surface area contributed by atoms with Crippen molar-refractivity contribution in [2.24, 2.45) is 0 Å². The van der Waals surface area contributed by atoms with E-state index < -0.39 is 27.6 Å². The van der Waals surface area contributed by atoms with E-state index in [0.29, 0.717) is 0 Å². The van der Waals surface area contributed by atoms with Crippen molar-refractivity contribution in [2.75, 3.05) is 19.3 Å². The smallest absolute Gasteiger partial charge is 0.329 e. The maximum Gasteiger partial charge on any atom is 0.329 e. The lowest BCUT2D eigenvalue weighted by atomic mass is 10.00. The summed E-state index contributed by atoms with van der Waals surface area (Å²) in [5.74, 6) is -1.42. The molecule has 0 heterocycles. The highest BCUT2D eigenvalue weighted by molar-refractivity contribution is 7.89. The largest absolute Gasteiger partial charge is 0.480 e. The Morgan fingerprint density at radius 1 is 1.33 bits per heavy atom. The minimum Gasteiger partial charge on any atom is -0.480 e. The Morgan fingerprint density at radius 2 is 1.89 bits per heavy atom. The molecule has 8 nitrogen and oxygen atoms in total. The molecule has 0 aromatic carbocycles. The first kappa shape index (κ1) is 16.6. The van der Waals surface area contributed by atoms with Crippen molar-refractivity contribution in [3.63, 3.8) is 0 Å². The molecular weight excluding hydrogens is 262 g/mol. The highest BCUT2D eigenvalue weighted by atomic mass is 32.2.